The molecule has 3 N–H and O–H groups in total. The second kappa shape index (κ2) is 10.7. The summed E-state index contributed by atoms with van der Waals surface area (Å²) in [5.41, 5.74) is 6.82. The molecule has 0 atom stereocenters. The number of anilines is 1. The zero-order chi connectivity index (χ0) is 27.8. The number of H-pyrrole nitrogens is 2. The highest BCUT2D eigenvalue weighted by molar-refractivity contribution is 5.97. The van der Waals surface area contributed by atoms with Crippen molar-refractivity contribution in [3.8, 4) is 22.6 Å². The molecule has 5 heterocycles. The topological polar surface area (TPSA) is 102 Å². The highest BCUT2D eigenvalue weighted by Gasteiger charge is 2.22. The van der Waals surface area contributed by atoms with Crippen molar-refractivity contribution in [2.75, 3.05) is 38.1 Å². The van der Waals surface area contributed by atoms with Crippen LogP contribution in [0.1, 0.15) is 11.1 Å². The van der Waals surface area contributed by atoms with Gasteiger partial charge in [-0.15, -0.1) is 0 Å². The van der Waals surface area contributed by atoms with Crippen LogP contribution in [-0.4, -0.2) is 68.3 Å². The van der Waals surface area contributed by atoms with Crippen molar-refractivity contribution in [3.05, 3.63) is 90.1 Å². The van der Waals surface area contributed by atoms with Crippen LogP contribution < -0.4 is 10.2 Å². The van der Waals surface area contributed by atoms with Gasteiger partial charge in [0, 0.05) is 69.0 Å². The van der Waals surface area contributed by atoms with Gasteiger partial charge in [-0.25, -0.2) is 14.4 Å². The molecular weight excluding hydrogens is 517 g/mol. The number of aromatic nitrogens is 6. The Kier molecular flexibility index (Phi) is 6.62. The fourth-order valence-electron chi connectivity index (χ4n) is 5.46. The Balaban J connectivity index is 1.20. The largest absolute Gasteiger partial charge is 0.367 e. The Labute approximate surface area is 236 Å². The van der Waals surface area contributed by atoms with Gasteiger partial charge in [-0.05, 0) is 42.4 Å². The molecule has 10 heteroatoms. The molecule has 0 unspecified atom stereocenters. The smallest absolute Gasteiger partial charge is 0.161 e. The lowest BCUT2D eigenvalue weighted by molar-refractivity contribution is 0.313. The predicted molar refractivity (Wildman–Crippen MR) is 159 cm³/mol. The van der Waals surface area contributed by atoms with E-state index in [-0.39, 0.29) is 5.82 Å². The molecule has 1 saturated heterocycles. The number of nitrogens with one attached hydrogen (secondary N) is 3. The Morgan fingerprint density at radius 1 is 0.951 bits per heavy atom. The van der Waals surface area contributed by atoms with Gasteiger partial charge in [0.1, 0.15) is 17.0 Å². The number of hydrogen-bond donors (Lipinski definition) is 3. The Morgan fingerprint density at radius 3 is 2.63 bits per heavy atom. The normalized spacial score (nSPS) is 14.3. The van der Waals surface area contributed by atoms with E-state index < -0.39 is 0 Å². The monoisotopic (exact) mass is 547 g/mol. The van der Waals surface area contributed by atoms with Crippen molar-refractivity contribution in [1.82, 2.24) is 40.3 Å². The SMILES string of the molecule is CN1CCN(c2ccnc3[nH]c(-c4n[nH]c5ccc(-c6cncc(CNCc7ccccc7)c6)c(F)c45)nc23)CC1. The molecule has 0 spiro atoms. The summed E-state index contributed by atoms with van der Waals surface area (Å²) in [5, 5.41) is 11.3. The first kappa shape index (κ1) is 25.3. The lowest BCUT2D eigenvalue weighted by Crippen LogP contribution is -2.44. The molecule has 0 radical (unpaired) electrons. The summed E-state index contributed by atoms with van der Waals surface area (Å²) in [5.74, 6) is 0.114. The predicted octanol–water partition coefficient (Wildman–Crippen LogP) is 4.74. The number of fused-ring (bicyclic) bond motifs is 2. The minimum absolute atomic E-state index is 0.366. The fourth-order valence-corrected chi connectivity index (χ4v) is 5.46. The van der Waals surface area contributed by atoms with Crippen LogP contribution in [0, 0.1) is 5.82 Å². The lowest BCUT2D eigenvalue weighted by atomic mass is 10.0. The van der Waals surface area contributed by atoms with E-state index in [1.165, 1.54) is 5.56 Å². The molecule has 1 fully saturated rings. The van der Waals surface area contributed by atoms with E-state index in [9.17, 15) is 0 Å². The Hall–Kier alpha value is -4.67. The number of hydrogen-bond acceptors (Lipinski definition) is 7. The molecule has 206 valence electrons. The van der Waals surface area contributed by atoms with Gasteiger partial charge in [-0.3, -0.25) is 10.1 Å². The lowest BCUT2D eigenvalue weighted by Gasteiger charge is -2.33. The minimum Gasteiger partial charge on any atom is -0.367 e. The van der Waals surface area contributed by atoms with E-state index in [1.54, 1.807) is 24.7 Å². The van der Waals surface area contributed by atoms with Gasteiger partial charge in [0.2, 0.25) is 0 Å². The molecule has 7 rings (SSSR count). The van der Waals surface area contributed by atoms with Crippen LogP contribution in [0.25, 0.3) is 44.7 Å². The van der Waals surface area contributed by atoms with Gasteiger partial charge in [-0.2, -0.15) is 5.10 Å². The number of benzene rings is 2. The number of piperazine rings is 1. The zero-order valence-electron chi connectivity index (χ0n) is 22.7. The quantitative estimate of drug-likeness (QED) is 0.265. The Morgan fingerprint density at radius 2 is 1.78 bits per heavy atom. The summed E-state index contributed by atoms with van der Waals surface area (Å²) in [6, 6.07) is 17.8. The minimum atomic E-state index is -0.366. The van der Waals surface area contributed by atoms with Crippen molar-refractivity contribution < 1.29 is 4.39 Å². The molecule has 1 aliphatic heterocycles. The number of imidazole rings is 1. The number of rotatable bonds is 7. The van der Waals surface area contributed by atoms with E-state index in [0.717, 1.165) is 49.5 Å². The number of likely N-dealkylation sites (N-methyl/N-ethyl adjacent to an activating group) is 1. The zero-order valence-corrected chi connectivity index (χ0v) is 22.7. The number of aromatic amines is 2. The van der Waals surface area contributed by atoms with Crippen LogP contribution in [0.3, 0.4) is 0 Å². The molecule has 0 amide bonds. The van der Waals surface area contributed by atoms with Crippen LogP contribution in [0.2, 0.25) is 0 Å². The molecule has 6 aromatic rings. The second-order valence-electron chi connectivity index (χ2n) is 10.5. The van der Waals surface area contributed by atoms with Gasteiger partial charge in [0.05, 0.1) is 16.6 Å². The van der Waals surface area contributed by atoms with Crippen molar-refractivity contribution in [2.45, 2.75) is 13.1 Å². The maximum absolute atomic E-state index is 16.2. The first-order valence-corrected chi connectivity index (χ1v) is 13.8. The average Bonchev–Trinajstić information content (AvgIpc) is 3.63. The van der Waals surface area contributed by atoms with Gasteiger partial charge in [0.25, 0.3) is 0 Å². The van der Waals surface area contributed by atoms with E-state index in [1.807, 2.05) is 36.4 Å². The third-order valence-electron chi connectivity index (χ3n) is 7.71. The van der Waals surface area contributed by atoms with E-state index in [4.69, 9.17) is 4.98 Å². The fraction of sp³-hybridized carbons (Fsp3) is 0.226. The maximum atomic E-state index is 16.2. The third kappa shape index (κ3) is 4.92. The van der Waals surface area contributed by atoms with E-state index in [2.05, 4.69) is 59.4 Å². The maximum Gasteiger partial charge on any atom is 0.161 e. The first-order valence-electron chi connectivity index (χ1n) is 13.8. The van der Waals surface area contributed by atoms with Crippen LogP contribution in [0.15, 0.2) is 73.2 Å². The second-order valence-corrected chi connectivity index (χ2v) is 10.5. The van der Waals surface area contributed by atoms with Gasteiger partial charge in [0.15, 0.2) is 11.5 Å². The standard InChI is InChI=1S/C31H30FN9/c1-40-11-13-41(14-12-40)25-9-10-35-30-28(25)36-31(37-30)29-26-24(38-39-29)8-7-23(27(26)32)22-15-21(18-34-19-22)17-33-16-20-5-3-2-4-6-20/h2-10,15,18-19,33H,11-14,16-17H2,1H3,(H,38,39)(H,35,36,37). The van der Waals surface area contributed by atoms with Gasteiger partial charge >= 0.3 is 0 Å². The summed E-state index contributed by atoms with van der Waals surface area (Å²) in [6.45, 7) is 5.16. The van der Waals surface area contributed by atoms with Crippen LogP contribution in [0.5, 0.6) is 0 Å². The molecule has 41 heavy (non-hydrogen) atoms. The molecule has 4 aromatic heterocycles. The third-order valence-corrected chi connectivity index (χ3v) is 7.71. The highest BCUT2D eigenvalue weighted by Crippen LogP contribution is 2.35. The number of halogens is 1. The molecule has 9 nitrogen and oxygen atoms in total. The van der Waals surface area contributed by atoms with Crippen molar-refractivity contribution >= 4 is 27.8 Å². The number of pyridine rings is 2. The molecule has 0 saturated carbocycles. The molecule has 0 bridgehead atoms. The van der Waals surface area contributed by atoms with E-state index in [0.29, 0.717) is 45.7 Å². The van der Waals surface area contributed by atoms with Crippen molar-refractivity contribution in [2.24, 2.45) is 0 Å². The van der Waals surface area contributed by atoms with E-state index >= 15 is 4.39 Å². The summed E-state index contributed by atoms with van der Waals surface area (Å²) >= 11 is 0. The average molecular weight is 548 g/mol. The van der Waals surface area contributed by atoms with Crippen LogP contribution in [-0.2, 0) is 13.1 Å². The Bertz CT molecular complexity index is 1820. The van der Waals surface area contributed by atoms with Gasteiger partial charge in [-0.1, -0.05) is 30.3 Å². The van der Waals surface area contributed by atoms with Crippen LogP contribution in [0.4, 0.5) is 10.1 Å². The first-order chi connectivity index (χ1) is 20.1. The summed E-state index contributed by atoms with van der Waals surface area (Å²) in [4.78, 5) is 21.7. The highest BCUT2D eigenvalue weighted by atomic mass is 19.1. The molecule has 1 aliphatic rings. The summed E-state index contributed by atoms with van der Waals surface area (Å²) < 4.78 is 16.2. The summed E-state index contributed by atoms with van der Waals surface area (Å²) in [6.07, 6.45) is 5.28. The molecule has 0 aliphatic carbocycles. The van der Waals surface area contributed by atoms with Gasteiger partial charge < -0.3 is 20.1 Å². The van der Waals surface area contributed by atoms with Crippen molar-refractivity contribution in [3.63, 3.8) is 0 Å². The molecule has 2 aromatic carbocycles. The van der Waals surface area contributed by atoms with Crippen molar-refractivity contribution in [1.29, 1.82) is 0 Å². The van der Waals surface area contributed by atoms with Crippen LogP contribution >= 0.6 is 0 Å². The summed E-state index contributed by atoms with van der Waals surface area (Å²) in [7, 11) is 2.13. The molecular formula is C31H30FN9. The number of nitrogens with zero attached hydrogens (tertiary/aromatic N) is 6.